The highest BCUT2D eigenvalue weighted by atomic mass is 32.2. The number of anilines is 1. The van der Waals surface area contributed by atoms with Crippen LogP contribution in [0.4, 0.5) is 5.69 Å². The summed E-state index contributed by atoms with van der Waals surface area (Å²) in [5.41, 5.74) is 6.14. The fourth-order valence-electron chi connectivity index (χ4n) is 1.05. The molecular formula is C8H13N2O3S+. The number of pyridine rings is 1. The van der Waals surface area contributed by atoms with Gasteiger partial charge in [0.1, 0.15) is 6.54 Å². The SMILES string of the molecule is Nc1cc[n+](CCCS(=O)(=O)O)cc1. The highest BCUT2D eigenvalue weighted by molar-refractivity contribution is 7.85. The lowest BCUT2D eigenvalue weighted by Crippen LogP contribution is -2.33. The second-order valence-electron chi connectivity index (χ2n) is 3.01. The third kappa shape index (κ3) is 4.20. The number of nitrogens with zero attached hydrogens (tertiary/aromatic N) is 1. The largest absolute Gasteiger partial charge is 0.398 e. The van der Waals surface area contributed by atoms with E-state index in [0.29, 0.717) is 18.7 Å². The van der Waals surface area contributed by atoms with Crippen LogP contribution in [0, 0.1) is 0 Å². The van der Waals surface area contributed by atoms with Crippen molar-refractivity contribution in [3.8, 4) is 0 Å². The normalized spacial score (nSPS) is 11.5. The minimum atomic E-state index is -3.84. The van der Waals surface area contributed by atoms with Gasteiger partial charge in [-0.25, -0.2) is 4.57 Å². The van der Waals surface area contributed by atoms with E-state index in [2.05, 4.69) is 0 Å². The van der Waals surface area contributed by atoms with Gasteiger partial charge in [-0.3, -0.25) is 4.55 Å². The lowest BCUT2D eigenvalue weighted by Gasteiger charge is -1.96. The van der Waals surface area contributed by atoms with Crippen LogP contribution in [-0.4, -0.2) is 18.7 Å². The number of hydrogen-bond acceptors (Lipinski definition) is 3. The van der Waals surface area contributed by atoms with Gasteiger partial charge in [-0.2, -0.15) is 8.42 Å². The molecule has 0 radical (unpaired) electrons. The first-order valence-electron chi connectivity index (χ1n) is 4.17. The van der Waals surface area contributed by atoms with E-state index in [1.807, 2.05) is 4.57 Å². The minimum absolute atomic E-state index is 0.218. The topological polar surface area (TPSA) is 84.3 Å². The van der Waals surface area contributed by atoms with Gasteiger partial charge in [-0.15, -0.1) is 0 Å². The highest BCUT2D eigenvalue weighted by Gasteiger charge is 2.06. The van der Waals surface area contributed by atoms with E-state index in [1.54, 1.807) is 24.5 Å². The zero-order valence-corrected chi connectivity index (χ0v) is 8.44. The quantitative estimate of drug-likeness (QED) is 0.542. The molecule has 0 saturated heterocycles. The summed E-state index contributed by atoms with van der Waals surface area (Å²) < 4.78 is 31.1. The highest BCUT2D eigenvalue weighted by Crippen LogP contribution is 1.94. The van der Waals surface area contributed by atoms with Crippen LogP contribution in [0.25, 0.3) is 0 Å². The van der Waals surface area contributed by atoms with Gasteiger partial charge in [0.05, 0.1) is 5.75 Å². The third-order valence-electron chi connectivity index (χ3n) is 1.74. The minimum Gasteiger partial charge on any atom is -0.398 e. The van der Waals surface area contributed by atoms with Crippen LogP contribution in [0.2, 0.25) is 0 Å². The van der Waals surface area contributed by atoms with Gasteiger partial charge < -0.3 is 5.73 Å². The molecular weight excluding hydrogens is 204 g/mol. The van der Waals surface area contributed by atoms with E-state index in [4.69, 9.17) is 10.3 Å². The van der Waals surface area contributed by atoms with Crippen molar-refractivity contribution < 1.29 is 17.5 Å². The summed E-state index contributed by atoms with van der Waals surface area (Å²) in [5.74, 6) is -0.218. The van der Waals surface area contributed by atoms with Crippen molar-refractivity contribution in [1.82, 2.24) is 0 Å². The molecule has 1 aromatic heterocycles. The third-order valence-corrected chi connectivity index (χ3v) is 2.54. The number of nitrogens with two attached hydrogens (primary N) is 1. The van der Waals surface area contributed by atoms with Crippen molar-refractivity contribution in [2.45, 2.75) is 13.0 Å². The van der Waals surface area contributed by atoms with Crippen molar-refractivity contribution in [1.29, 1.82) is 0 Å². The van der Waals surface area contributed by atoms with Gasteiger partial charge in [0.25, 0.3) is 10.1 Å². The van der Waals surface area contributed by atoms with Gasteiger partial charge in [-0.05, 0) is 0 Å². The Morgan fingerprint density at radius 3 is 2.43 bits per heavy atom. The lowest BCUT2D eigenvalue weighted by atomic mass is 10.4. The summed E-state index contributed by atoms with van der Waals surface area (Å²) in [7, 11) is -3.84. The van der Waals surface area contributed by atoms with Gasteiger partial charge >= 0.3 is 0 Å². The molecule has 1 heterocycles. The fraction of sp³-hybridized carbons (Fsp3) is 0.375. The second-order valence-corrected chi connectivity index (χ2v) is 4.58. The van der Waals surface area contributed by atoms with Gasteiger partial charge in [0.15, 0.2) is 12.4 Å². The van der Waals surface area contributed by atoms with E-state index >= 15 is 0 Å². The van der Waals surface area contributed by atoms with E-state index < -0.39 is 10.1 Å². The second kappa shape index (κ2) is 4.39. The van der Waals surface area contributed by atoms with Gasteiger partial charge in [0, 0.05) is 24.2 Å². The number of rotatable bonds is 4. The molecule has 1 aromatic rings. The maximum Gasteiger partial charge on any atom is 0.265 e. The van der Waals surface area contributed by atoms with Crippen LogP contribution in [0.3, 0.4) is 0 Å². The van der Waals surface area contributed by atoms with E-state index in [-0.39, 0.29) is 5.75 Å². The molecule has 0 aliphatic heterocycles. The summed E-state index contributed by atoms with van der Waals surface area (Å²) in [6.45, 7) is 0.542. The first-order valence-corrected chi connectivity index (χ1v) is 5.78. The molecule has 0 fully saturated rings. The summed E-state index contributed by atoms with van der Waals surface area (Å²) in [5, 5.41) is 0. The zero-order valence-electron chi connectivity index (χ0n) is 7.63. The Hall–Kier alpha value is -1.14. The Balaban J connectivity index is 2.43. The Morgan fingerprint density at radius 1 is 1.36 bits per heavy atom. The lowest BCUT2D eigenvalue weighted by molar-refractivity contribution is -0.696. The van der Waals surface area contributed by atoms with Gasteiger partial charge in [-0.1, -0.05) is 0 Å². The molecule has 1 rings (SSSR count). The number of aromatic nitrogens is 1. The van der Waals surface area contributed by atoms with Crippen LogP contribution in [-0.2, 0) is 16.7 Å². The van der Waals surface area contributed by atoms with Crippen molar-refractivity contribution >= 4 is 15.8 Å². The number of aryl methyl sites for hydroxylation is 1. The van der Waals surface area contributed by atoms with Crippen molar-refractivity contribution in [3.05, 3.63) is 24.5 Å². The summed E-state index contributed by atoms with van der Waals surface area (Å²) >= 11 is 0. The van der Waals surface area contributed by atoms with Gasteiger partial charge in [0.2, 0.25) is 0 Å². The number of hydrogen-bond donors (Lipinski definition) is 2. The first kappa shape index (κ1) is 10.9. The van der Waals surface area contributed by atoms with E-state index in [0.717, 1.165) is 0 Å². The predicted octanol–water partition coefficient (Wildman–Crippen LogP) is -0.166. The summed E-state index contributed by atoms with van der Waals surface area (Å²) in [4.78, 5) is 0. The molecule has 0 amide bonds. The molecule has 0 aromatic carbocycles. The summed E-state index contributed by atoms with van der Waals surface area (Å²) in [6, 6.07) is 3.46. The molecule has 78 valence electrons. The Morgan fingerprint density at radius 2 is 1.93 bits per heavy atom. The molecule has 3 N–H and O–H groups in total. The monoisotopic (exact) mass is 217 g/mol. The molecule has 0 bridgehead atoms. The van der Waals surface area contributed by atoms with Crippen molar-refractivity contribution in [2.75, 3.05) is 11.5 Å². The van der Waals surface area contributed by atoms with E-state index in [9.17, 15) is 8.42 Å². The zero-order chi connectivity index (χ0) is 10.6. The Bertz CT molecular complexity index is 386. The van der Waals surface area contributed by atoms with Crippen LogP contribution in [0.1, 0.15) is 6.42 Å². The van der Waals surface area contributed by atoms with Crippen LogP contribution in [0.5, 0.6) is 0 Å². The number of nitrogen functional groups attached to an aromatic ring is 1. The molecule has 0 aliphatic rings. The van der Waals surface area contributed by atoms with Crippen LogP contribution >= 0.6 is 0 Å². The standard InChI is InChI=1S/C8H12N2O3S/c9-8-2-5-10(6-3-8)4-1-7-14(11,12)13/h2-3,5-6,9H,1,4,7H2,(H,11,12,13)/p+1. The smallest absolute Gasteiger partial charge is 0.265 e. The van der Waals surface area contributed by atoms with Crippen molar-refractivity contribution in [2.24, 2.45) is 0 Å². The maximum absolute atomic E-state index is 10.4. The Labute approximate surface area is 82.9 Å². The van der Waals surface area contributed by atoms with E-state index in [1.165, 1.54) is 0 Å². The molecule has 0 saturated carbocycles. The average Bonchev–Trinajstić information content (AvgIpc) is 2.06. The Kier molecular flexibility index (Phi) is 3.43. The molecule has 0 aliphatic carbocycles. The van der Waals surface area contributed by atoms with Crippen LogP contribution in [0.15, 0.2) is 24.5 Å². The molecule has 5 nitrogen and oxygen atoms in total. The molecule has 14 heavy (non-hydrogen) atoms. The average molecular weight is 217 g/mol. The first-order chi connectivity index (χ1) is 6.47. The van der Waals surface area contributed by atoms with Crippen LogP contribution < -0.4 is 10.3 Å². The molecule has 0 spiro atoms. The maximum atomic E-state index is 10.4. The summed E-state index contributed by atoms with van der Waals surface area (Å²) in [6.07, 6.45) is 3.91. The predicted molar refractivity (Wildman–Crippen MR) is 52.1 cm³/mol. The molecule has 0 unspecified atom stereocenters. The fourth-order valence-corrected chi connectivity index (χ4v) is 1.54. The molecule has 6 heteroatoms. The molecule has 0 atom stereocenters. The van der Waals surface area contributed by atoms with Crippen molar-refractivity contribution in [3.63, 3.8) is 0 Å².